The molecule has 7 nitrogen and oxygen atoms in total. The van der Waals surface area contributed by atoms with E-state index in [1.807, 2.05) is 38.1 Å². The lowest BCUT2D eigenvalue weighted by Crippen LogP contribution is -2.20. The quantitative estimate of drug-likeness (QED) is 0.300. The lowest BCUT2D eigenvalue weighted by Gasteiger charge is -2.13. The Bertz CT molecular complexity index is 1280. The van der Waals surface area contributed by atoms with Gasteiger partial charge in [-0.05, 0) is 79.6 Å². The number of anilines is 2. The third-order valence-corrected chi connectivity index (χ3v) is 4.96. The largest absolute Gasteiger partial charge is 0.490 e. The highest BCUT2D eigenvalue weighted by molar-refractivity contribution is 6.30. The van der Waals surface area contributed by atoms with Crippen molar-refractivity contribution in [2.45, 2.75) is 13.8 Å². The van der Waals surface area contributed by atoms with E-state index in [2.05, 4.69) is 10.6 Å². The number of hydrogen-bond donors (Lipinski definition) is 2. The molecule has 0 unspecified atom stereocenters. The second-order valence-corrected chi connectivity index (χ2v) is 7.91. The molecule has 2 N–H and O–H groups in total. The summed E-state index contributed by atoms with van der Waals surface area (Å²) < 4.78 is 11.3. The highest BCUT2D eigenvalue weighted by Gasteiger charge is 2.13. The van der Waals surface area contributed by atoms with Crippen LogP contribution in [0.4, 0.5) is 11.4 Å². The minimum Gasteiger partial charge on any atom is -0.490 e. The summed E-state index contributed by atoms with van der Waals surface area (Å²) in [6.07, 6.45) is 1.46. The fourth-order valence-electron chi connectivity index (χ4n) is 3.11. The van der Waals surface area contributed by atoms with Crippen molar-refractivity contribution >= 4 is 40.9 Å². The Labute approximate surface area is 208 Å². The first-order valence-electron chi connectivity index (χ1n) is 10.8. The van der Waals surface area contributed by atoms with E-state index in [-0.39, 0.29) is 18.1 Å². The molecular weight excluding hydrogens is 466 g/mol. The van der Waals surface area contributed by atoms with E-state index in [0.29, 0.717) is 40.1 Å². The molecule has 178 valence electrons. The van der Waals surface area contributed by atoms with Gasteiger partial charge in [0.05, 0.1) is 6.61 Å². The van der Waals surface area contributed by atoms with E-state index in [4.69, 9.17) is 21.1 Å². The van der Waals surface area contributed by atoms with Gasteiger partial charge in [-0.15, -0.1) is 0 Å². The van der Waals surface area contributed by atoms with Crippen molar-refractivity contribution in [1.29, 1.82) is 5.26 Å². The summed E-state index contributed by atoms with van der Waals surface area (Å²) in [7, 11) is 0. The van der Waals surface area contributed by atoms with E-state index >= 15 is 0 Å². The van der Waals surface area contributed by atoms with Gasteiger partial charge >= 0.3 is 0 Å². The zero-order chi connectivity index (χ0) is 25.2. The molecule has 0 heterocycles. The molecule has 35 heavy (non-hydrogen) atoms. The smallest absolute Gasteiger partial charge is 0.266 e. The topological polar surface area (TPSA) is 100 Å². The zero-order valence-electron chi connectivity index (χ0n) is 19.3. The van der Waals surface area contributed by atoms with Crippen molar-refractivity contribution in [3.63, 3.8) is 0 Å². The lowest BCUT2D eigenvalue weighted by atomic mass is 10.1. The van der Waals surface area contributed by atoms with Crippen LogP contribution in [0.25, 0.3) is 6.08 Å². The number of nitriles is 1. The molecule has 8 heteroatoms. The monoisotopic (exact) mass is 489 g/mol. The lowest BCUT2D eigenvalue weighted by molar-refractivity contribution is -0.118. The van der Waals surface area contributed by atoms with Crippen LogP contribution in [0.3, 0.4) is 0 Å². The van der Waals surface area contributed by atoms with Crippen LogP contribution in [0, 0.1) is 18.3 Å². The molecule has 0 fully saturated rings. The minimum absolute atomic E-state index is 0.0648. The van der Waals surface area contributed by atoms with Crippen LogP contribution in [0.5, 0.6) is 11.5 Å². The molecule has 0 atom stereocenters. The number of halogens is 1. The molecular formula is C27H24ClN3O4. The number of nitrogens with one attached hydrogen (secondary N) is 2. The number of hydrogen-bond acceptors (Lipinski definition) is 5. The van der Waals surface area contributed by atoms with Crippen molar-refractivity contribution in [3.8, 4) is 17.6 Å². The van der Waals surface area contributed by atoms with E-state index in [0.717, 1.165) is 5.56 Å². The number of nitrogens with zero attached hydrogens (tertiary/aromatic N) is 1. The fraction of sp³-hybridized carbons (Fsp3) is 0.148. The highest BCUT2D eigenvalue weighted by Crippen LogP contribution is 2.29. The molecule has 0 aliphatic heterocycles. The van der Waals surface area contributed by atoms with Crippen LogP contribution in [0.1, 0.15) is 18.1 Å². The standard InChI is InChI=1S/C27H24ClN3O4/c1-3-34-25-15-19(14-20(16-29)27(33)31-23-6-4-5-18(2)13-23)7-12-24(25)35-17-26(32)30-22-10-8-21(28)9-11-22/h4-15H,3,17H2,1-2H3,(H,30,32)(H,31,33)/b20-14+. The fourth-order valence-corrected chi connectivity index (χ4v) is 3.24. The average molecular weight is 490 g/mol. The van der Waals surface area contributed by atoms with Crippen LogP contribution >= 0.6 is 11.6 Å². The highest BCUT2D eigenvalue weighted by atomic mass is 35.5. The molecule has 0 aliphatic rings. The van der Waals surface area contributed by atoms with E-state index in [1.54, 1.807) is 48.5 Å². The first-order valence-corrected chi connectivity index (χ1v) is 11.2. The second-order valence-electron chi connectivity index (χ2n) is 7.48. The van der Waals surface area contributed by atoms with Gasteiger partial charge in [-0.3, -0.25) is 9.59 Å². The van der Waals surface area contributed by atoms with Gasteiger partial charge in [0.1, 0.15) is 11.6 Å². The van der Waals surface area contributed by atoms with Crippen LogP contribution in [-0.2, 0) is 9.59 Å². The molecule has 3 aromatic carbocycles. The summed E-state index contributed by atoms with van der Waals surface area (Å²) >= 11 is 5.85. The summed E-state index contributed by atoms with van der Waals surface area (Å²) in [6.45, 7) is 3.85. The number of carbonyl (C=O) groups is 2. The van der Waals surface area contributed by atoms with Crippen molar-refractivity contribution in [1.82, 2.24) is 0 Å². The predicted molar refractivity (Wildman–Crippen MR) is 137 cm³/mol. The van der Waals surface area contributed by atoms with E-state index in [9.17, 15) is 14.9 Å². The minimum atomic E-state index is -0.518. The Morgan fingerprint density at radius 1 is 0.971 bits per heavy atom. The molecule has 0 spiro atoms. The number of ether oxygens (including phenoxy) is 2. The molecule has 0 radical (unpaired) electrons. The first kappa shape index (κ1) is 25.3. The van der Waals surface area contributed by atoms with Gasteiger partial charge in [-0.1, -0.05) is 29.8 Å². The van der Waals surface area contributed by atoms with Crippen molar-refractivity contribution in [2.75, 3.05) is 23.8 Å². The molecule has 0 bridgehead atoms. The van der Waals surface area contributed by atoms with E-state index < -0.39 is 5.91 Å². The molecule has 0 saturated heterocycles. The van der Waals surface area contributed by atoms with Gasteiger partial charge in [0.25, 0.3) is 11.8 Å². The van der Waals surface area contributed by atoms with Crippen LogP contribution in [-0.4, -0.2) is 25.0 Å². The van der Waals surface area contributed by atoms with Crippen LogP contribution in [0.15, 0.2) is 72.3 Å². The van der Waals surface area contributed by atoms with Crippen LogP contribution < -0.4 is 20.1 Å². The second kappa shape index (κ2) is 12.3. The summed E-state index contributed by atoms with van der Waals surface area (Å²) in [5.41, 5.74) is 2.70. The third kappa shape index (κ3) is 7.63. The molecule has 0 aliphatic carbocycles. The SMILES string of the molecule is CCOc1cc(/C=C(\C#N)C(=O)Nc2cccc(C)c2)ccc1OCC(=O)Nc1ccc(Cl)cc1. The maximum atomic E-state index is 12.6. The van der Waals surface area contributed by atoms with Crippen LogP contribution in [0.2, 0.25) is 5.02 Å². The Hall–Kier alpha value is -4.28. The molecule has 3 aromatic rings. The number of aryl methyl sites for hydroxylation is 1. The molecule has 0 saturated carbocycles. The Morgan fingerprint density at radius 2 is 1.74 bits per heavy atom. The zero-order valence-corrected chi connectivity index (χ0v) is 20.1. The summed E-state index contributed by atoms with van der Waals surface area (Å²) in [5, 5.41) is 15.5. The summed E-state index contributed by atoms with van der Waals surface area (Å²) in [6, 6.07) is 20.9. The van der Waals surface area contributed by atoms with Gasteiger partial charge in [-0.25, -0.2) is 0 Å². The maximum absolute atomic E-state index is 12.6. The van der Waals surface area contributed by atoms with Gasteiger partial charge in [0.15, 0.2) is 18.1 Å². The van der Waals surface area contributed by atoms with Gasteiger partial charge < -0.3 is 20.1 Å². The van der Waals surface area contributed by atoms with Gasteiger partial charge in [-0.2, -0.15) is 5.26 Å². The first-order chi connectivity index (χ1) is 16.9. The van der Waals surface area contributed by atoms with E-state index in [1.165, 1.54) is 6.08 Å². The number of carbonyl (C=O) groups excluding carboxylic acids is 2. The summed E-state index contributed by atoms with van der Waals surface area (Å²) in [5.74, 6) is -0.122. The molecule has 3 rings (SSSR count). The third-order valence-electron chi connectivity index (χ3n) is 4.71. The number of benzene rings is 3. The van der Waals surface area contributed by atoms with Crippen molar-refractivity contribution in [2.24, 2.45) is 0 Å². The van der Waals surface area contributed by atoms with Gasteiger partial charge in [0.2, 0.25) is 0 Å². The molecule has 0 aromatic heterocycles. The Balaban J connectivity index is 1.70. The van der Waals surface area contributed by atoms with Crippen molar-refractivity contribution < 1.29 is 19.1 Å². The Morgan fingerprint density at radius 3 is 2.43 bits per heavy atom. The Kier molecular flexibility index (Phi) is 8.88. The number of rotatable bonds is 9. The summed E-state index contributed by atoms with van der Waals surface area (Å²) in [4.78, 5) is 24.8. The maximum Gasteiger partial charge on any atom is 0.266 e. The number of amides is 2. The predicted octanol–water partition coefficient (Wildman–Crippen LogP) is 5.61. The van der Waals surface area contributed by atoms with Gasteiger partial charge in [0, 0.05) is 16.4 Å². The normalized spacial score (nSPS) is 10.7. The average Bonchev–Trinajstić information content (AvgIpc) is 2.83. The van der Waals surface area contributed by atoms with Crippen molar-refractivity contribution in [3.05, 3.63) is 88.5 Å². The molecule has 2 amide bonds.